The summed E-state index contributed by atoms with van der Waals surface area (Å²) in [5.74, 6) is 2.29. The second-order valence-corrected chi connectivity index (χ2v) is 7.01. The van der Waals surface area contributed by atoms with Gasteiger partial charge in [0.05, 0.1) is 0 Å². The maximum Gasteiger partial charge on any atom is 0.414 e. The van der Waals surface area contributed by atoms with Crippen molar-refractivity contribution < 1.29 is 18.3 Å². The van der Waals surface area contributed by atoms with Gasteiger partial charge in [0.15, 0.2) is 0 Å². The molecule has 1 atom stereocenters. The Hall–Kier alpha value is -0.250. The summed E-state index contributed by atoms with van der Waals surface area (Å²) in [6.07, 6.45) is 1.17. The van der Waals surface area contributed by atoms with Gasteiger partial charge in [-0.05, 0) is 74.5 Å². The first kappa shape index (κ1) is 12.8. The van der Waals surface area contributed by atoms with Crippen LogP contribution < -0.4 is 0 Å². The van der Waals surface area contributed by atoms with Crippen LogP contribution in [0.4, 0.5) is 13.2 Å². The molecule has 4 aliphatic rings. The van der Waals surface area contributed by atoms with E-state index in [1.807, 2.05) is 0 Å². The maximum atomic E-state index is 12.4. The number of rotatable bonds is 3. The fourth-order valence-corrected chi connectivity index (χ4v) is 5.20. The van der Waals surface area contributed by atoms with E-state index in [1.165, 1.54) is 19.3 Å². The molecule has 0 amide bonds. The summed E-state index contributed by atoms with van der Waals surface area (Å²) in [5.41, 5.74) is 0.140. The van der Waals surface area contributed by atoms with E-state index in [4.69, 9.17) is 5.11 Å². The van der Waals surface area contributed by atoms with E-state index in [-0.39, 0.29) is 11.8 Å². The molecule has 4 rings (SSSR count). The Balaban J connectivity index is 1.62. The van der Waals surface area contributed by atoms with Gasteiger partial charge in [-0.3, -0.25) is 0 Å². The molecule has 0 aromatic heterocycles. The van der Waals surface area contributed by atoms with Gasteiger partial charge < -0.3 is 5.11 Å². The summed E-state index contributed by atoms with van der Waals surface area (Å²) >= 11 is 0. The van der Waals surface area contributed by atoms with Crippen molar-refractivity contribution in [1.82, 2.24) is 0 Å². The zero-order valence-electron chi connectivity index (χ0n) is 10.5. The molecule has 0 radical (unpaired) electrons. The number of aliphatic hydroxyl groups is 1. The first-order valence-electron chi connectivity index (χ1n) is 7.11. The van der Waals surface area contributed by atoms with Crippen molar-refractivity contribution in [3.05, 3.63) is 0 Å². The molecule has 4 aliphatic carbocycles. The van der Waals surface area contributed by atoms with Gasteiger partial charge in [0.1, 0.15) is 6.10 Å². The molecule has 0 heterocycles. The van der Waals surface area contributed by atoms with Crippen molar-refractivity contribution in [2.24, 2.45) is 23.2 Å². The molecule has 0 aromatic rings. The minimum atomic E-state index is -4.44. The normalized spacial score (nSPS) is 44.3. The average Bonchev–Trinajstić information content (AvgIpc) is 2.22. The van der Waals surface area contributed by atoms with Gasteiger partial charge >= 0.3 is 6.18 Å². The average molecular weight is 262 g/mol. The minimum Gasteiger partial charge on any atom is -0.384 e. The van der Waals surface area contributed by atoms with Crippen molar-refractivity contribution >= 4 is 0 Å². The summed E-state index contributed by atoms with van der Waals surface area (Å²) in [6.45, 7) is 0. The zero-order chi connectivity index (χ0) is 13.0. The summed E-state index contributed by atoms with van der Waals surface area (Å²) in [5, 5.41) is 9.16. The molecule has 0 spiro atoms. The predicted octanol–water partition coefficient (Wildman–Crippen LogP) is 3.91. The van der Waals surface area contributed by atoms with Crippen molar-refractivity contribution in [3.8, 4) is 0 Å². The first-order valence-corrected chi connectivity index (χ1v) is 7.11. The Kier molecular flexibility index (Phi) is 2.92. The molecule has 0 aliphatic heterocycles. The fraction of sp³-hybridized carbons (Fsp3) is 1.00. The summed E-state index contributed by atoms with van der Waals surface area (Å²) in [6, 6.07) is 0. The lowest BCUT2D eigenvalue weighted by Gasteiger charge is -2.57. The smallest absolute Gasteiger partial charge is 0.384 e. The third kappa shape index (κ3) is 2.28. The molecule has 104 valence electrons. The molecular formula is C14H21F3O. The molecule has 0 saturated heterocycles. The summed E-state index contributed by atoms with van der Waals surface area (Å²) in [4.78, 5) is 0. The molecule has 0 aromatic carbocycles. The Morgan fingerprint density at radius 2 is 1.44 bits per heavy atom. The third-order valence-electron chi connectivity index (χ3n) is 5.49. The van der Waals surface area contributed by atoms with Gasteiger partial charge in [-0.1, -0.05) is 0 Å². The van der Waals surface area contributed by atoms with Gasteiger partial charge in [-0.25, -0.2) is 0 Å². The Bertz CT molecular complexity index is 288. The van der Waals surface area contributed by atoms with E-state index < -0.39 is 12.3 Å². The highest BCUT2D eigenvalue weighted by atomic mass is 19.4. The highest BCUT2D eigenvalue weighted by Crippen LogP contribution is 2.61. The van der Waals surface area contributed by atoms with Gasteiger partial charge in [0.25, 0.3) is 0 Å². The largest absolute Gasteiger partial charge is 0.414 e. The van der Waals surface area contributed by atoms with E-state index in [9.17, 15) is 13.2 Å². The Labute approximate surface area is 106 Å². The van der Waals surface area contributed by atoms with Gasteiger partial charge in [-0.2, -0.15) is 13.2 Å². The van der Waals surface area contributed by atoms with Crippen LogP contribution in [0.1, 0.15) is 51.4 Å². The molecular weight excluding hydrogens is 241 g/mol. The molecule has 4 bridgehead atoms. The standard InChI is InChI=1S/C14H21F3O/c15-14(16,17)12(18)1-2-13-6-9-3-10(7-13)5-11(4-9)8-13/h9-12,18H,1-8H2. The number of halogens is 3. The van der Waals surface area contributed by atoms with Crippen molar-refractivity contribution in [2.45, 2.75) is 63.6 Å². The topological polar surface area (TPSA) is 20.2 Å². The van der Waals surface area contributed by atoms with Crippen LogP contribution in [0.25, 0.3) is 0 Å². The highest BCUT2D eigenvalue weighted by molar-refractivity contribution is 5.01. The summed E-state index contributed by atoms with van der Waals surface area (Å²) < 4.78 is 37.1. The minimum absolute atomic E-state index is 0.102. The molecule has 4 saturated carbocycles. The number of hydrogen-bond donors (Lipinski definition) is 1. The first-order chi connectivity index (χ1) is 8.36. The molecule has 4 heteroatoms. The molecule has 18 heavy (non-hydrogen) atoms. The lowest BCUT2D eigenvalue weighted by Crippen LogP contribution is -2.46. The second kappa shape index (κ2) is 4.12. The second-order valence-electron chi connectivity index (χ2n) is 7.01. The number of alkyl halides is 3. The zero-order valence-corrected chi connectivity index (χ0v) is 10.5. The van der Waals surface area contributed by atoms with Crippen molar-refractivity contribution in [2.75, 3.05) is 0 Å². The predicted molar refractivity (Wildman–Crippen MR) is 61.9 cm³/mol. The van der Waals surface area contributed by atoms with Crippen molar-refractivity contribution in [1.29, 1.82) is 0 Å². The quantitative estimate of drug-likeness (QED) is 0.817. The van der Waals surface area contributed by atoms with Crippen LogP contribution in [0, 0.1) is 23.2 Å². The maximum absolute atomic E-state index is 12.4. The van der Waals surface area contributed by atoms with E-state index in [2.05, 4.69) is 0 Å². The lowest BCUT2D eigenvalue weighted by atomic mass is 9.48. The van der Waals surface area contributed by atoms with Crippen LogP contribution in [0.3, 0.4) is 0 Å². The van der Waals surface area contributed by atoms with Crippen molar-refractivity contribution in [3.63, 3.8) is 0 Å². The van der Waals surface area contributed by atoms with Crippen LogP contribution in [0.5, 0.6) is 0 Å². The van der Waals surface area contributed by atoms with E-state index in [0.717, 1.165) is 37.0 Å². The lowest BCUT2D eigenvalue weighted by molar-refractivity contribution is -0.208. The van der Waals surface area contributed by atoms with Crippen LogP contribution in [0.15, 0.2) is 0 Å². The molecule has 1 nitrogen and oxygen atoms in total. The SMILES string of the molecule is OC(CCC12CC3CC(CC(C3)C1)C2)C(F)(F)F. The van der Waals surface area contributed by atoms with Crippen LogP contribution in [0.2, 0.25) is 0 Å². The molecule has 1 N–H and O–H groups in total. The van der Waals surface area contributed by atoms with E-state index in [0.29, 0.717) is 6.42 Å². The summed E-state index contributed by atoms with van der Waals surface area (Å²) in [7, 11) is 0. The van der Waals surface area contributed by atoms with E-state index in [1.54, 1.807) is 0 Å². The fourth-order valence-electron chi connectivity index (χ4n) is 5.20. The van der Waals surface area contributed by atoms with E-state index >= 15 is 0 Å². The van der Waals surface area contributed by atoms with Gasteiger partial charge in [-0.15, -0.1) is 0 Å². The monoisotopic (exact) mass is 262 g/mol. The van der Waals surface area contributed by atoms with Crippen LogP contribution >= 0.6 is 0 Å². The van der Waals surface area contributed by atoms with Crippen LogP contribution in [-0.2, 0) is 0 Å². The third-order valence-corrected chi connectivity index (χ3v) is 5.49. The Morgan fingerprint density at radius 1 is 1.00 bits per heavy atom. The number of aliphatic hydroxyl groups excluding tert-OH is 1. The van der Waals surface area contributed by atoms with Crippen LogP contribution in [-0.4, -0.2) is 17.4 Å². The molecule has 4 fully saturated rings. The highest BCUT2D eigenvalue weighted by Gasteiger charge is 2.51. The van der Waals surface area contributed by atoms with Gasteiger partial charge in [0, 0.05) is 0 Å². The number of hydrogen-bond acceptors (Lipinski definition) is 1. The Morgan fingerprint density at radius 3 is 1.83 bits per heavy atom. The molecule has 1 unspecified atom stereocenters. The van der Waals surface area contributed by atoms with Gasteiger partial charge in [0.2, 0.25) is 0 Å².